The number of hydrogen-bond donors (Lipinski definition) is 2. The lowest BCUT2D eigenvalue weighted by atomic mass is 9.96. The first-order valence-electron chi connectivity index (χ1n) is 6.23. The monoisotopic (exact) mass is 242 g/mol. The van der Waals surface area contributed by atoms with Gasteiger partial charge in [0, 0.05) is 0 Å². The van der Waals surface area contributed by atoms with Crippen LogP contribution >= 0.6 is 0 Å². The van der Waals surface area contributed by atoms with Gasteiger partial charge in [-0.15, -0.1) is 0 Å². The molecule has 0 aliphatic rings. The molecule has 2 aromatic carbocycles. The smallest absolute Gasteiger partial charge is 0.102 e. The van der Waals surface area contributed by atoms with Crippen molar-refractivity contribution in [3.05, 3.63) is 59.7 Å². The molecule has 0 spiro atoms. The van der Waals surface area contributed by atoms with Crippen LogP contribution < -0.4 is 0 Å². The molecule has 0 aliphatic heterocycles. The number of rotatable bonds is 4. The molecule has 0 saturated heterocycles. The number of benzene rings is 2. The summed E-state index contributed by atoms with van der Waals surface area (Å²) in [5.41, 5.74) is 4.43. The van der Waals surface area contributed by atoms with E-state index in [1.807, 2.05) is 36.4 Å². The zero-order valence-corrected chi connectivity index (χ0v) is 10.5. The molecule has 0 bridgehead atoms. The largest absolute Gasteiger partial charge is 0.393 e. The van der Waals surface area contributed by atoms with Gasteiger partial charge in [-0.1, -0.05) is 55.5 Å². The van der Waals surface area contributed by atoms with Gasteiger partial charge in [0.25, 0.3) is 0 Å². The quantitative estimate of drug-likeness (QED) is 0.865. The van der Waals surface area contributed by atoms with Gasteiger partial charge >= 0.3 is 0 Å². The number of aliphatic hydroxyl groups is 2. The van der Waals surface area contributed by atoms with Gasteiger partial charge in [0.2, 0.25) is 0 Å². The van der Waals surface area contributed by atoms with Crippen molar-refractivity contribution in [2.75, 3.05) is 6.61 Å². The van der Waals surface area contributed by atoms with E-state index in [1.54, 1.807) is 0 Å². The first-order valence-corrected chi connectivity index (χ1v) is 6.23. The first kappa shape index (κ1) is 12.8. The summed E-state index contributed by atoms with van der Waals surface area (Å²) in [4.78, 5) is 0. The summed E-state index contributed by atoms with van der Waals surface area (Å²) in [5, 5.41) is 18.4. The van der Waals surface area contributed by atoms with Gasteiger partial charge in [0.1, 0.15) is 6.10 Å². The van der Waals surface area contributed by atoms with Crippen molar-refractivity contribution >= 4 is 0 Å². The summed E-state index contributed by atoms with van der Waals surface area (Å²) in [7, 11) is 0. The Balaban J connectivity index is 2.34. The van der Waals surface area contributed by atoms with Crippen molar-refractivity contribution in [2.24, 2.45) is 0 Å². The topological polar surface area (TPSA) is 40.5 Å². The Morgan fingerprint density at radius 3 is 2.28 bits per heavy atom. The summed E-state index contributed by atoms with van der Waals surface area (Å²) in [6.45, 7) is 1.90. The molecule has 0 radical (unpaired) electrons. The third kappa shape index (κ3) is 2.61. The lowest BCUT2D eigenvalue weighted by Crippen LogP contribution is -2.01. The van der Waals surface area contributed by atoms with E-state index in [9.17, 15) is 5.11 Å². The second kappa shape index (κ2) is 5.80. The molecule has 0 aliphatic carbocycles. The Hall–Kier alpha value is -1.64. The SMILES string of the molecule is CCc1ccccc1-c1ccc(C(O)CO)cc1. The fourth-order valence-corrected chi connectivity index (χ4v) is 2.10. The lowest BCUT2D eigenvalue weighted by molar-refractivity contribution is 0.0956. The van der Waals surface area contributed by atoms with E-state index in [1.165, 1.54) is 11.1 Å². The summed E-state index contributed by atoms with van der Waals surface area (Å²) in [6.07, 6.45) is 0.206. The van der Waals surface area contributed by atoms with Crippen molar-refractivity contribution in [2.45, 2.75) is 19.4 Å². The molecule has 18 heavy (non-hydrogen) atoms. The molecule has 1 atom stereocenters. The van der Waals surface area contributed by atoms with E-state index >= 15 is 0 Å². The van der Waals surface area contributed by atoms with Crippen molar-refractivity contribution in [3.63, 3.8) is 0 Å². The molecule has 0 fully saturated rings. The molecule has 0 heterocycles. The predicted molar refractivity (Wildman–Crippen MR) is 73.3 cm³/mol. The third-order valence-electron chi connectivity index (χ3n) is 3.18. The molecule has 1 unspecified atom stereocenters. The number of aryl methyl sites for hydroxylation is 1. The van der Waals surface area contributed by atoms with Crippen LogP contribution in [-0.2, 0) is 6.42 Å². The van der Waals surface area contributed by atoms with E-state index in [0.717, 1.165) is 17.5 Å². The van der Waals surface area contributed by atoms with Gasteiger partial charge in [-0.05, 0) is 28.7 Å². The van der Waals surface area contributed by atoms with Gasteiger partial charge in [0.05, 0.1) is 6.61 Å². The molecule has 0 saturated carbocycles. The fourth-order valence-electron chi connectivity index (χ4n) is 2.10. The number of hydrogen-bond acceptors (Lipinski definition) is 2. The molecule has 2 nitrogen and oxygen atoms in total. The normalized spacial score (nSPS) is 12.4. The zero-order valence-electron chi connectivity index (χ0n) is 10.5. The summed E-state index contributed by atoms with van der Waals surface area (Å²) in [5.74, 6) is 0. The van der Waals surface area contributed by atoms with Crippen molar-refractivity contribution in [1.82, 2.24) is 0 Å². The standard InChI is InChI=1S/C16H18O2/c1-2-12-5-3-4-6-15(12)13-7-9-14(10-8-13)16(18)11-17/h3-10,16-18H,2,11H2,1H3. The van der Waals surface area contributed by atoms with E-state index in [4.69, 9.17) is 5.11 Å². The van der Waals surface area contributed by atoms with Crippen LogP contribution in [0.1, 0.15) is 24.2 Å². The minimum absolute atomic E-state index is 0.245. The highest BCUT2D eigenvalue weighted by Crippen LogP contribution is 2.25. The van der Waals surface area contributed by atoms with Crippen LogP contribution in [0.4, 0.5) is 0 Å². The maximum atomic E-state index is 9.54. The Kier molecular flexibility index (Phi) is 4.13. The van der Waals surface area contributed by atoms with Gasteiger partial charge in [-0.2, -0.15) is 0 Å². The molecule has 0 amide bonds. The second-order valence-corrected chi connectivity index (χ2v) is 4.33. The van der Waals surface area contributed by atoms with Gasteiger partial charge < -0.3 is 10.2 Å². The molecule has 2 aromatic rings. The van der Waals surface area contributed by atoms with Crippen LogP contribution in [0.3, 0.4) is 0 Å². The summed E-state index contributed by atoms with van der Waals surface area (Å²) >= 11 is 0. The average Bonchev–Trinajstić information content (AvgIpc) is 2.46. The lowest BCUT2D eigenvalue weighted by Gasteiger charge is -2.11. The second-order valence-electron chi connectivity index (χ2n) is 4.33. The zero-order chi connectivity index (χ0) is 13.0. The van der Waals surface area contributed by atoms with Gasteiger partial charge in [0.15, 0.2) is 0 Å². The van der Waals surface area contributed by atoms with E-state index < -0.39 is 6.10 Å². The van der Waals surface area contributed by atoms with Crippen molar-refractivity contribution < 1.29 is 10.2 Å². The maximum Gasteiger partial charge on any atom is 0.102 e. The van der Waals surface area contributed by atoms with Crippen LogP contribution in [0, 0.1) is 0 Å². The first-order chi connectivity index (χ1) is 8.76. The molecule has 2 rings (SSSR count). The highest BCUT2D eigenvalue weighted by atomic mass is 16.3. The fraction of sp³-hybridized carbons (Fsp3) is 0.250. The van der Waals surface area contributed by atoms with E-state index in [0.29, 0.717) is 0 Å². The van der Waals surface area contributed by atoms with Crippen LogP contribution in [0.5, 0.6) is 0 Å². The van der Waals surface area contributed by atoms with Crippen molar-refractivity contribution in [3.8, 4) is 11.1 Å². The van der Waals surface area contributed by atoms with E-state index in [2.05, 4.69) is 19.1 Å². The van der Waals surface area contributed by atoms with Crippen LogP contribution in [0.15, 0.2) is 48.5 Å². The van der Waals surface area contributed by atoms with Gasteiger partial charge in [-0.25, -0.2) is 0 Å². The van der Waals surface area contributed by atoms with Crippen LogP contribution in [-0.4, -0.2) is 16.8 Å². The molecule has 0 aromatic heterocycles. The highest BCUT2D eigenvalue weighted by molar-refractivity contribution is 5.67. The highest BCUT2D eigenvalue weighted by Gasteiger charge is 2.07. The van der Waals surface area contributed by atoms with Crippen LogP contribution in [0.2, 0.25) is 0 Å². The summed E-state index contributed by atoms with van der Waals surface area (Å²) in [6, 6.07) is 16.0. The predicted octanol–water partition coefficient (Wildman–Crippen LogP) is 2.94. The Bertz CT molecular complexity index is 503. The van der Waals surface area contributed by atoms with Gasteiger partial charge in [-0.3, -0.25) is 0 Å². The minimum atomic E-state index is -0.791. The maximum absolute atomic E-state index is 9.54. The Morgan fingerprint density at radius 1 is 1.00 bits per heavy atom. The average molecular weight is 242 g/mol. The molecule has 94 valence electrons. The van der Waals surface area contributed by atoms with Crippen LogP contribution in [0.25, 0.3) is 11.1 Å². The minimum Gasteiger partial charge on any atom is -0.393 e. The molecular formula is C16H18O2. The third-order valence-corrected chi connectivity index (χ3v) is 3.18. The molecular weight excluding hydrogens is 224 g/mol. The number of aliphatic hydroxyl groups excluding tert-OH is 2. The van der Waals surface area contributed by atoms with E-state index in [-0.39, 0.29) is 6.61 Å². The Morgan fingerprint density at radius 2 is 1.67 bits per heavy atom. The molecule has 2 N–H and O–H groups in total. The summed E-state index contributed by atoms with van der Waals surface area (Å²) < 4.78 is 0. The Labute approximate surface area is 108 Å². The van der Waals surface area contributed by atoms with Crippen molar-refractivity contribution in [1.29, 1.82) is 0 Å². The molecule has 2 heteroatoms.